The van der Waals surface area contributed by atoms with Crippen molar-refractivity contribution in [3.63, 3.8) is 0 Å². The van der Waals surface area contributed by atoms with Crippen LogP contribution in [0, 0.1) is 0 Å². The number of thiol groups is 1. The van der Waals surface area contributed by atoms with E-state index in [-0.39, 0.29) is 19.3 Å². The van der Waals surface area contributed by atoms with Gasteiger partial charge in [-0.2, -0.15) is 12.6 Å². The van der Waals surface area contributed by atoms with Gasteiger partial charge in [-0.25, -0.2) is 4.79 Å². The number of rotatable bonds is 3. The summed E-state index contributed by atoms with van der Waals surface area (Å²) in [5.41, 5.74) is 0. The minimum Gasteiger partial charge on any atom is -0.330 e. The Bertz CT molecular complexity index is 237. The molecule has 0 bridgehead atoms. The molecule has 1 saturated heterocycles. The first-order valence-electron chi connectivity index (χ1n) is 3.82. The van der Waals surface area contributed by atoms with Gasteiger partial charge in [0.1, 0.15) is 0 Å². The molecule has 72 valence electrons. The lowest BCUT2D eigenvalue weighted by Gasteiger charge is -2.11. The van der Waals surface area contributed by atoms with Gasteiger partial charge in [-0.15, -0.1) is 5.06 Å². The number of amides is 2. The van der Waals surface area contributed by atoms with Gasteiger partial charge in [0.15, 0.2) is 0 Å². The number of hydrogen-bond donors (Lipinski definition) is 1. The van der Waals surface area contributed by atoms with Crippen molar-refractivity contribution in [2.24, 2.45) is 0 Å². The second-order valence-electron chi connectivity index (χ2n) is 2.52. The maximum atomic E-state index is 10.9. The van der Waals surface area contributed by atoms with Crippen LogP contribution in [0.2, 0.25) is 0 Å². The summed E-state index contributed by atoms with van der Waals surface area (Å²) in [6, 6.07) is 0. The van der Waals surface area contributed by atoms with Crippen molar-refractivity contribution in [1.29, 1.82) is 0 Å². The smallest absolute Gasteiger partial charge is 0.330 e. The Morgan fingerprint density at radius 1 is 1.38 bits per heavy atom. The minimum atomic E-state index is -0.612. The summed E-state index contributed by atoms with van der Waals surface area (Å²) in [7, 11) is 0. The molecule has 5 nitrogen and oxygen atoms in total. The fourth-order valence-corrected chi connectivity index (χ4v) is 1.08. The third-order valence-corrected chi connectivity index (χ3v) is 1.74. The van der Waals surface area contributed by atoms with E-state index in [2.05, 4.69) is 17.5 Å². The molecule has 0 aromatic carbocycles. The molecule has 0 spiro atoms. The number of carbonyl (C=O) groups excluding carboxylic acids is 3. The Hall–Kier alpha value is -1.04. The Morgan fingerprint density at radius 3 is 2.38 bits per heavy atom. The van der Waals surface area contributed by atoms with Crippen LogP contribution in [-0.4, -0.2) is 28.6 Å². The molecule has 0 atom stereocenters. The number of imide groups is 1. The van der Waals surface area contributed by atoms with Crippen molar-refractivity contribution in [3.05, 3.63) is 0 Å². The van der Waals surface area contributed by atoms with Crippen molar-refractivity contribution in [2.45, 2.75) is 19.3 Å². The topological polar surface area (TPSA) is 63.7 Å². The summed E-state index contributed by atoms with van der Waals surface area (Å²) in [6.45, 7) is 0. The van der Waals surface area contributed by atoms with E-state index in [1.54, 1.807) is 0 Å². The SMILES string of the molecule is O=C(CCS)ON1C(=O)CCC1=O. The highest BCUT2D eigenvalue weighted by Crippen LogP contribution is 2.12. The molecule has 6 heteroatoms. The molecule has 0 aromatic heterocycles. The van der Waals surface area contributed by atoms with Crippen LogP contribution in [0.25, 0.3) is 0 Å². The molecule has 0 saturated carbocycles. The van der Waals surface area contributed by atoms with Crippen LogP contribution in [0.1, 0.15) is 19.3 Å². The maximum Gasteiger partial charge on any atom is 0.334 e. The molecule has 0 aliphatic carbocycles. The van der Waals surface area contributed by atoms with Gasteiger partial charge in [-0.05, 0) is 0 Å². The summed E-state index contributed by atoms with van der Waals surface area (Å²) in [6.07, 6.45) is 0.320. The average molecular weight is 203 g/mol. The van der Waals surface area contributed by atoms with E-state index < -0.39 is 17.8 Å². The van der Waals surface area contributed by atoms with Gasteiger partial charge in [-0.1, -0.05) is 0 Å². The van der Waals surface area contributed by atoms with Crippen molar-refractivity contribution in [3.8, 4) is 0 Å². The highest BCUT2D eigenvalue weighted by molar-refractivity contribution is 7.80. The second kappa shape index (κ2) is 4.27. The molecule has 1 rings (SSSR count). The first-order chi connectivity index (χ1) is 6.15. The van der Waals surface area contributed by atoms with Crippen molar-refractivity contribution < 1.29 is 19.2 Å². The van der Waals surface area contributed by atoms with Crippen LogP contribution >= 0.6 is 12.6 Å². The normalized spacial score (nSPS) is 16.5. The van der Waals surface area contributed by atoms with Gasteiger partial charge in [0.25, 0.3) is 11.8 Å². The first-order valence-corrected chi connectivity index (χ1v) is 4.46. The van der Waals surface area contributed by atoms with Crippen LogP contribution in [0.5, 0.6) is 0 Å². The quantitative estimate of drug-likeness (QED) is 0.514. The fourth-order valence-electron chi connectivity index (χ4n) is 0.897. The lowest BCUT2D eigenvalue weighted by molar-refractivity contribution is -0.197. The monoisotopic (exact) mass is 203 g/mol. The van der Waals surface area contributed by atoms with Gasteiger partial charge >= 0.3 is 5.97 Å². The van der Waals surface area contributed by atoms with E-state index in [4.69, 9.17) is 0 Å². The molecular formula is C7H9NO4S. The van der Waals surface area contributed by atoms with Gasteiger partial charge in [0.2, 0.25) is 0 Å². The molecule has 13 heavy (non-hydrogen) atoms. The molecule has 1 aliphatic heterocycles. The van der Waals surface area contributed by atoms with E-state index in [1.165, 1.54) is 0 Å². The summed E-state index contributed by atoms with van der Waals surface area (Å²) in [5, 5.41) is 0.534. The van der Waals surface area contributed by atoms with Crippen LogP contribution < -0.4 is 0 Å². The minimum absolute atomic E-state index is 0.0835. The number of hydroxylamine groups is 2. The van der Waals surface area contributed by atoms with Crippen LogP contribution in [-0.2, 0) is 19.2 Å². The van der Waals surface area contributed by atoms with Gasteiger partial charge in [0, 0.05) is 18.6 Å². The third-order valence-electron chi connectivity index (χ3n) is 1.51. The van der Waals surface area contributed by atoms with Gasteiger partial charge in [0.05, 0.1) is 6.42 Å². The summed E-state index contributed by atoms with van der Waals surface area (Å²) >= 11 is 3.81. The van der Waals surface area contributed by atoms with Crippen molar-refractivity contribution >= 4 is 30.4 Å². The van der Waals surface area contributed by atoms with Crippen molar-refractivity contribution in [1.82, 2.24) is 5.06 Å². The zero-order valence-electron chi connectivity index (χ0n) is 6.86. The van der Waals surface area contributed by atoms with E-state index in [0.717, 1.165) is 0 Å². The number of nitrogens with zero attached hydrogens (tertiary/aromatic N) is 1. The molecule has 2 amide bonds. The van der Waals surface area contributed by atoms with Crippen LogP contribution in [0.15, 0.2) is 0 Å². The van der Waals surface area contributed by atoms with Gasteiger partial charge < -0.3 is 4.84 Å². The van der Waals surface area contributed by atoms with Crippen LogP contribution in [0.3, 0.4) is 0 Å². The summed E-state index contributed by atoms with van der Waals surface area (Å²) < 4.78 is 0. The van der Waals surface area contributed by atoms with Gasteiger partial charge in [-0.3, -0.25) is 9.59 Å². The highest BCUT2D eigenvalue weighted by Gasteiger charge is 2.32. The lowest BCUT2D eigenvalue weighted by Crippen LogP contribution is -2.32. The molecular weight excluding hydrogens is 194 g/mol. The lowest BCUT2D eigenvalue weighted by atomic mass is 10.4. The highest BCUT2D eigenvalue weighted by atomic mass is 32.1. The Labute approximate surface area is 80.4 Å². The Morgan fingerprint density at radius 2 is 1.92 bits per heavy atom. The summed E-state index contributed by atoms with van der Waals surface area (Å²) in [5.74, 6) is -1.21. The zero-order valence-corrected chi connectivity index (χ0v) is 7.75. The summed E-state index contributed by atoms with van der Waals surface area (Å²) in [4.78, 5) is 37.3. The van der Waals surface area contributed by atoms with Crippen LogP contribution in [0.4, 0.5) is 0 Å². The zero-order chi connectivity index (χ0) is 9.84. The number of carbonyl (C=O) groups is 3. The van der Waals surface area contributed by atoms with E-state index >= 15 is 0 Å². The Kier molecular flexibility index (Phi) is 3.30. The largest absolute Gasteiger partial charge is 0.334 e. The molecule has 1 fully saturated rings. The molecule has 1 aliphatic rings. The molecule has 0 unspecified atom stereocenters. The molecule has 0 N–H and O–H groups in total. The molecule has 0 aromatic rings. The predicted octanol–water partition coefficient (Wildman–Crippen LogP) is -0.0865. The van der Waals surface area contributed by atoms with E-state index in [0.29, 0.717) is 10.8 Å². The fraction of sp³-hybridized carbons (Fsp3) is 0.571. The van der Waals surface area contributed by atoms with Crippen molar-refractivity contribution in [2.75, 3.05) is 5.75 Å². The standard InChI is InChI=1S/C7H9NO4S/c9-5-1-2-6(10)8(5)12-7(11)3-4-13/h13H,1-4H2. The Balaban J connectivity index is 2.48. The average Bonchev–Trinajstić information content (AvgIpc) is 2.36. The first kappa shape index (κ1) is 10.0. The molecule has 1 heterocycles. The number of hydrogen-bond acceptors (Lipinski definition) is 5. The van der Waals surface area contributed by atoms with E-state index in [1.807, 2.05) is 0 Å². The predicted molar refractivity (Wildman–Crippen MR) is 45.6 cm³/mol. The van der Waals surface area contributed by atoms with E-state index in [9.17, 15) is 14.4 Å². The second-order valence-corrected chi connectivity index (χ2v) is 2.97. The molecule has 0 radical (unpaired) electrons. The third kappa shape index (κ3) is 2.45. The maximum absolute atomic E-state index is 10.9.